The number of hydrogen-bond donors (Lipinski definition) is 3. The average molecular weight is 468 g/mol. The minimum atomic E-state index is -3.47. The lowest BCUT2D eigenvalue weighted by atomic mass is 9.79. The highest BCUT2D eigenvalue weighted by Gasteiger charge is 2.39. The number of sulfonamides is 1. The molecule has 3 atom stereocenters. The summed E-state index contributed by atoms with van der Waals surface area (Å²) in [5, 5.41) is 6.92. The number of carbonyl (C=O) groups excluding carboxylic acids is 1. The van der Waals surface area contributed by atoms with Gasteiger partial charge in [-0.05, 0) is 74.1 Å². The van der Waals surface area contributed by atoms with E-state index >= 15 is 0 Å². The maximum Gasteiger partial charge on any atom is 0.240 e. The molecule has 0 bridgehead atoms. The third-order valence-corrected chi connectivity index (χ3v) is 9.16. The molecule has 1 saturated heterocycles. The van der Waals surface area contributed by atoms with Crippen LogP contribution in [-0.4, -0.2) is 33.1 Å². The molecule has 0 aromatic heterocycles. The van der Waals surface area contributed by atoms with Crippen molar-refractivity contribution in [3.8, 4) is 0 Å². The Kier molecular flexibility index (Phi) is 6.54. The summed E-state index contributed by atoms with van der Waals surface area (Å²) < 4.78 is 27.6. The molecule has 6 nitrogen and oxygen atoms in total. The van der Waals surface area contributed by atoms with E-state index in [1.807, 2.05) is 0 Å². The lowest BCUT2D eigenvalue weighted by Gasteiger charge is -2.29. The van der Waals surface area contributed by atoms with E-state index in [1.54, 1.807) is 30.3 Å². The highest BCUT2D eigenvalue weighted by Crippen LogP contribution is 2.39. The fraction of sp³-hybridized carbons (Fsp3) is 0.500. The van der Waals surface area contributed by atoms with Crippen molar-refractivity contribution in [3.05, 3.63) is 65.7 Å². The van der Waals surface area contributed by atoms with E-state index in [9.17, 15) is 13.2 Å². The molecule has 2 aromatic rings. The minimum Gasteiger partial charge on any atom is -0.341 e. The van der Waals surface area contributed by atoms with Crippen molar-refractivity contribution in [3.63, 3.8) is 0 Å². The standard InChI is InChI=1S/C26H33N3O3S/c30-26(29-25-16-23-22-9-5-4-6-19(22)14-15-24(23)28-25)20-12-10-18(11-13-20)17-27-33(31,32)21-7-2-1-3-8-21/h1-9,18,20,23-25,27-28H,10-17H2,(H,29,30). The first-order valence-corrected chi connectivity index (χ1v) is 13.7. The summed E-state index contributed by atoms with van der Waals surface area (Å²) in [6.45, 7) is 0.429. The molecule has 0 spiro atoms. The monoisotopic (exact) mass is 467 g/mol. The molecule has 0 radical (unpaired) electrons. The average Bonchev–Trinajstić information content (AvgIpc) is 3.27. The first kappa shape index (κ1) is 22.6. The van der Waals surface area contributed by atoms with Crippen LogP contribution in [0.2, 0.25) is 0 Å². The number of amides is 1. The lowest BCUT2D eigenvalue weighted by Crippen LogP contribution is -2.47. The fourth-order valence-corrected chi connectivity index (χ4v) is 6.99. The van der Waals surface area contributed by atoms with Gasteiger partial charge in [-0.3, -0.25) is 10.1 Å². The number of nitrogens with one attached hydrogen (secondary N) is 3. The molecule has 1 aliphatic heterocycles. The van der Waals surface area contributed by atoms with E-state index in [0.29, 0.717) is 23.4 Å². The second kappa shape index (κ2) is 9.57. The first-order valence-electron chi connectivity index (χ1n) is 12.2. The third kappa shape index (κ3) is 5.00. The zero-order valence-corrected chi connectivity index (χ0v) is 19.7. The van der Waals surface area contributed by atoms with Gasteiger partial charge < -0.3 is 5.32 Å². The molecule has 1 saturated carbocycles. The normalized spacial score (nSPS) is 29.2. The van der Waals surface area contributed by atoms with Gasteiger partial charge in [-0.2, -0.15) is 0 Å². The molecule has 2 aliphatic carbocycles. The topological polar surface area (TPSA) is 87.3 Å². The van der Waals surface area contributed by atoms with Gasteiger partial charge in [-0.1, -0.05) is 42.5 Å². The zero-order chi connectivity index (χ0) is 22.8. The second-order valence-electron chi connectivity index (χ2n) is 9.80. The summed E-state index contributed by atoms with van der Waals surface area (Å²) in [7, 11) is -3.47. The number of fused-ring (bicyclic) bond motifs is 3. The van der Waals surface area contributed by atoms with Crippen molar-refractivity contribution in [2.75, 3.05) is 6.54 Å². The van der Waals surface area contributed by atoms with Crippen LogP contribution in [0.5, 0.6) is 0 Å². The Morgan fingerprint density at radius 2 is 1.67 bits per heavy atom. The number of carbonyl (C=O) groups is 1. The van der Waals surface area contributed by atoms with Crippen LogP contribution in [0.4, 0.5) is 0 Å². The predicted octanol–water partition coefficient (Wildman–Crippen LogP) is 3.31. The molecular weight excluding hydrogens is 434 g/mol. The second-order valence-corrected chi connectivity index (χ2v) is 11.6. The van der Waals surface area contributed by atoms with Crippen molar-refractivity contribution < 1.29 is 13.2 Å². The Bertz CT molecular complexity index is 1080. The van der Waals surface area contributed by atoms with Crippen molar-refractivity contribution >= 4 is 15.9 Å². The van der Waals surface area contributed by atoms with Gasteiger partial charge in [0.05, 0.1) is 11.1 Å². The summed E-state index contributed by atoms with van der Waals surface area (Å²) in [6, 6.07) is 17.6. The molecule has 3 unspecified atom stereocenters. The molecule has 5 rings (SSSR count). The van der Waals surface area contributed by atoms with Crippen LogP contribution in [0.25, 0.3) is 0 Å². The van der Waals surface area contributed by atoms with Crippen molar-refractivity contribution in [2.24, 2.45) is 11.8 Å². The van der Waals surface area contributed by atoms with Gasteiger partial charge in [0.2, 0.25) is 15.9 Å². The Morgan fingerprint density at radius 3 is 2.45 bits per heavy atom. The first-order chi connectivity index (χ1) is 16.0. The maximum atomic E-state index is 13.0. The summed E-state index contributed by atoms with van der Waals surface area (Å²) in [4.78, 5) is 13.2. The van der Waals surface area contributed by atoms with Crippen molar-refractivity contribution in [1.82, 2.24) is 15.4 Å². The Balaban J connectivity index is 1.09. The number of aryl methyl sites for hydroxylation is 1. The Labute approximate surface area is 196 Å². The molecular formula is C26H33N3O3S. The zero-order valence-electron chi connectivity index (χ0n) is 18.9. The van der Waals surface area contributed by atoms with E-state index in [-0.39, 0.29) is 23.9 Å². The number of rotatable bonds is 6. The molecule has 1 heterocycles. The third-order valence-electron chi connectivity index (χ3n) is 7.72. The van der Waals surface area contributed by atoms with Gasteiger partial charge in [0.15, 0.2) is 0 Å². The van der Waals surface area contributed by atoms with Crippen LogP contribution in [0.15, 0.2) is 59.5 Å². The summed E-state index contributed by atoms with van der Waals surface area (Å²) in [5.74, 6) is 0.914. The molecule has 33 heavy (non-hydrogen) atoms. The number of benzene rings is 2. The molecule has 1 amide bonds. The molecule has 176 valence electrons. The van der Waals surface area contributed by atoms with E-state index in [1.165, 1.54) is 11.1 Å². The highest BCUT2D eigenvalue weighted by atomic mass is 32.2. The highest BCUT2D eigenvalue weighted by molar-refractivity contribution is 7.89. The van der Waals surface area contributed by atoms with Crippen LogP contribution in [0.3, 0.4) is 0 Å². The Morgan fingerprint density at radius 1 is 0.939 bits per heavy atom. The van der Waals surface area contributed by atoms with Crippen LogP contribution < -0.4 is 15.4 Å². The smallest absolute Gasteiger partial charge is 0.240 e. The van der Waals surface area contributed by atoms with Gasteiger partial charge in [-0.25, -0.2) is 13.1 Å². The van der Waals surface area contributed by atoms with Crippen LogP contribution in [0.1, 0.15) is 55.6 Å². The van der Waals surface area contributed by atoms with Crippen molar-refractivity contribution in [1.29, 1.82) is 0 Å². The van der Waals surface area contributed by atoms with Gasteiger partial charge in [-0.15, -0.1) is 0 Å². The van der Waals surface area contributed by atoms with E-state index in [4.69, 9.17) is 0 Å². The largest absolute Gasteiger partial charge is 0.341 e. The van der Waals surface area contributed by atoms with Crippen molar-refractivity contribution in [2.45, 2.75) is 68.0 Å². The fourth-order valence-electron chi connectivity index (χ4n) is 5.85. The van der Waals surface area contributed by atoms with Gasteiger partial charge in [0, 0.05) is 24.4 Å². The molecule has 3 aliphatic rings. The van der Waals surface area contributed by atoms with E-state index < -0.39 is 10.0 Å². The maximum absolute atomic E-state index is 13.0. The van der Waals surface area contributed by atoms with Crippen LogP contribution >= 0.6 is 0 Å². The predicted molar refractivity (Wildman–Crippen MR) is 128 cm³/mol. The van der Waals surface area contributed by atoms with Crippen LogP contribution in [-0.2, 0) is 21.2 Å². The summed E-state index contributed by atoms with van der Waals surface area (Å²) in [5.41, 5.74) is 2.89. The molecule has 3 N–H and O–H groups in total. The van der Waals surface area contributed by atoms with Gasteiger partial charge >= 0.3 is 0 Å². The van der Waals surface area contributed by atoms with E-state index in [0.717, 1.165) is 44.9 Å². The lowest BCUT2D eigenvalue weighted by molar-refractivity contribution is -0.127. The molecule has 7 heteroatoms. The number of hydrogen-bond acceptors (Lipinski definition) is 4. The van der Waals surface area contributed by atoms with Gasteiger partial charge in [0.25, 0.3) is 0 Å². The van der Waals surface area contributed by atoms with E-state index in [2.05, 4.69) is 39.6 Å². The summed E-state index contributed by atoms with van der Waals surface area (Å²) >= 11 is 0. The quantitative estimate of drug-likeness (QED) is 0.608. The Hall–Kier alpha value is -2.22. The summed E-state index contributed by atoms with van der Waals surface area (Å²) in [6.07, 6.45) is 6.57. The van der Waals surface area contributed by atoms with Gasteiger partial charge in [0.1, 0.15) is 0 Å². The minimum absolute atomic E-state index is 0.0173. The SMILES string of the molecule is O=C(NC1CC2c3ccccc3CCC2N1)C1CCC(CNS(=O)(=O)c2ccccc2)CC1. The van der Waals surface area contributed by atoms with Crippen LogP contribution in [0, 0.1) is 11.8 Å². The molecule has 2 aromatic carbocycles. The molecule has 2 fully saturated rings.